The molecular formula is C20H22FN3O2. The van der Waals surface area contributed by atoms with Crippen molar-refractivity contribution >= 4 is 18.0 Å². The summed E-state index contributed by atoms with van der Waals surface area (Å²) >= 11 is 0. The Morgan fingerprint density at radius 1 is 1.08 bits per heavy atom. The molecule has 0 aromatic heterocycles. The van der Waals surface area contributed by atoms with Crippen molar-refractivity contribution < 1.29 is 14.0 Å². The van der Waals surface area contributed by atoms with Crippen molar-refractivity contribution in [2.24, 2.45) is 11.0 Å². The normalized spacial score (nSPS) is 12.2. The van der Waals surface area contributed by atoms with Gasteiger partial charge in [0, 0.05) is 0 Å². The van der Waals surface area contributed by atoms with E-state index < -0.39 is 23.7 Å². The fourth-order valence-corrected chi connectivity index (χ4v) is 2.29. The number of hydrogen-bond donors (Lipinski definition) is 2. The fraction of sp³-hybridized carbons (Fsp3) is 0.250. The van der Waals surface area contributed by atoms with E-state index in [1.807, 2.05) is 31.2 Å². The number of nitrogens with zero attached hydrogens (tertiary/aromatic N) is 1. The topological polar surface area (TPSA) is 70.6 Å². The molecule has 26 heavy (non-hydrogen) atoms. The Morgan fingerprint density at radius 2 is 1.73 bits per heavy atom. The van der Waals surface area contributed by atoms with Gasteiger partial charge in [-0.05, 0) is 30.5 Å². The molecule has 0 saturated carbocycles. The van der Waals surface area contributed by atoms with Crippen LogP contribution in [0.4, 0.5) is 4.39 Å². The quantitative estimate of drug-likeness (QED) is 0.618. The number of hydrazone groups is 1. The average Bonchev–Trinajstić information content (AvgIpc) is 2.61. The molecule has 0 heterocycles. The molecule has 0 saturated heterocycles. The molecule has 2 aromatic rings. The van der Waals surface area contributed by atoms with Crippen molar-refractivity contribution in [3.8, 4) is 0 Å². The van der Waals surface area contributed by atoms with Crippen LogP contribution in [0.15, 0.2) is 53.6 Å². The Balaban J connectivity index is 2.02. The number of aryl methyl sites for hydroxylation is 1. The zero-order valence-corrected chi connectivity index (χ0v) is 15.0. The number of carbonyl (C=O) groups is 2. The number of carbonyl (C=O) groups excluding carboxylic acids is 2. The first-order valence-electron chi connectivity index (χ1n) is 8.33. The van der Waals surface area contributed by atoms with E-state index in [9.17, 15) is 14.0 Å². The molecule has 2 aromatic carbocycles. The van der Waals surface area contributed by atoms with Gasteiger partial charge in [0.15, 0.2) is 0 Å². The third-order valence-corrected chi connectivity index (χ3v) is 3.82. The van der Waals surface area contributed by atoms with Gasteiger partial charge >= 0.3 is 0 Å². The first kappa shape index (κ1) is 19.3. The van der Waals surface area contributed by atoms with Crippen LogP contribution in [-0.4, -0.2) is 24.1 Å². The van der Waals surface area contributed by atoms with Crippen LogP contribution in [0, 0.1) is 18.7 Å². The Hall–Kier alpha value is -3.02. The van der Waals surface area contributed by atoms with Crippen LogP contribution in [0.25, 0.3) is 0 Å². The first-order chi connectivity index (χ1) is 12.4. The Morgan fingerprint density at radius 3 is 2.35 bits per heavy atom. The van der Waals surface area contributed by atoms with Crippen LogP contribution in [0.2, 0.25) is 0 Å². The molecule has 0 spiro atoms. The Bertz CT molecular complexity index is 801. The maximum atomic E-state index is 13.7. The van der Waals surface area contributed by atoms with Crippen molar-refractivity contribution in [2.75, 3.05) is 0 Å². The summed E-state index contributed by atoms with van der Waals surface area (Å²) in [5, 5.41) is 6.49. The number of nitrogens with one attached hydrogen (secondary N) is 2. The molecule has 136 valence electrons. The zero-order chi connectivity index (χ0) is 19.1. The van der Waals surface area contributed by atoms with E-state index in [1.54, 1.807) is 19.9 Å². The van der Waals surface area contributed by atoms with E-state index in [4.69, 9.17) is 0 Å². The monoisotopic (exact) mass is 355 g/mol. The summed E-state index contributed by atoms with van der Waals surface area (Å²) in [5.74, 6) is -1.93. The minimum absolute atomic E-state index is 0.103. The highest BCUT2D eigenvalue weighted by atomic mass is 19.1. The van der Waals surface area contributed by atoms with Gasteiger partial charge in [-0.2, -0.15) is 5.10 Å². The van der Waals surface area contributed by atoms with Crippen molar-refractivity contribution in [3.05, 3.63) is 71.0 Å². The summed E-state index contributed by atoms with van der Waals surface area (Å²) in [6, 6.07) is 12.4. The van der Waals surface area contributed by atoms with E-state index in [-0.39, 0.29) is 11.5 Å². The molecule has 0 fully saturated rings. The SMILES string of the molecule is Cc1ccc(/C=N/NC(=O)C(NC(=O)c2ccccc2F)C(C)C)cc1. The lowest BCUT2D eigenvalue weighted by molar-refractivity contribution is -0.123. The molecule has 0 aliphatic rings. The standard InChI is InChI=1S/C20H22FN3O2/c1-13(2)18(23-19(25)16-6-4-5-7-17(16)21)20(26)24-22-12-15-10-8-14(3)9-11-15/h4-13,18H,1-3H3,(H,23,25)(H,24,26)/b22-12+. The highest BCUT2D eigenvalue weighted by molar-refractivity contribution is 5.98. The summed E-state index contributed by atoms with van der Waals surface area (Å²) in [4.78, 5) is 24.6. The lowest BCUT2D eigenvalue weighted by Gasteiger charge is -2.20. The van der Waals surface area contributed by atoms with Crippen LogP contribution in [0.5, 0.6) is 0 Å². The molecule has 6 heteroatoms. The first-order valence-corrected chi connectivity index (χ1v) is 8.33. The van der Waals surface area contributed by atoms with Crippen molar-refractivity contribution in [2.45, 2.75) is 26.8 Å². The van der Waals surface area contributed by atoms with E-state index in [1.165, 1.54) is 24.4 Å². The third kappa shape index (κ3) is 5.24. The molecule has 2 amide bonds. The molecule has 1 atom stereocenters. The van der Waals surface area contributed by atoms with Gasteiger partial charge in [-0.3, -0.25) is 9.59 Å². The Labute approximate surface area is 152 Å². The molecule has 2 N–H and O–H groups in total. The van der Waals surface area contributed by atoms with Crippen LogP contribution < -0.4 is 10.7 Å². The largest absolute Gasteiger partial charge is 0.340 e. The van der Waals surface area contributed by atoms with Gasteiger partial charge in [0.25, 0.3) is 11.8 Å². The van der Waals surface area contributed by atoms with Gasteiger partial charge in [0.05, 0.1) is 11.8 Å². The van der Waals surface area contributed by atoms with Gasteiger partial charge in [-0.15, -0.1) is 0 Å². The second kappa shape index (κ2) is 8.89. The second-order valence-electron chi connectivity index (χ2n) is 6.32. The van der Waals surface area contributed by atoms with E-state index in [0.29, 0.717) is 0 Å². The molecule has 2 rings (SSSR count). The fourth-order valence-electron chi connectivity index (χ4n) is 2.29. The molecule has 0 radical (unpaired) electrons. The summed E-state index contributed by atoms with van der Waals surface area (Å²) < 4.78 is 13.7. The smallest absolute Gasteiger partial charge is 0.262 e. The Kier molecular flexibility index (Phi) is 6.60. The number of benzene rings is 2. The molecule has 1 unspecified atom stereocenters. The number of hydrogen-bond acceptors (Lipinski definition) is 3. The summed E-state index contributed by atoms with van der Waals surface area (Å²) in [7, 11) is 0. The highest BCUT2D eigenvalue weighted by Gasteiger charge is 2.25. The molecule has 0 bridgehead atoms. The second-order valence-corrected chi connectivity index (χ2v) is 6.32. The average molecular weight is 355 g/mol. The van der Waals surface area contributed by atoms with E-state index >= 15 is 0 Å². The molecule has 5 nitrogen and oxygen atoms in total. The van der Waals surface area contributed by atoms with E-state index in [0.717, 1.165) is 11.1 Å². The predicted molar refractivity (Wildman–Crippen MR) is 99.4 cm³/mol. The number of amides is 2. The predicted octanol–water partition coefficient (Wildman–Crippen LogP) is 3.04. The minimum atomic E-state index is -0.836. The van der Waals surface area contributed by atoms with Crippen LogP contribution in [0.3, 0.4) is 0 Å². The zero-order valence-electron chi connectivity index (χ0n) is 15.0. The number of halogens is 1. The third-order valence-electron chi connectivity index (χ3n) is 3.82. The van der Waals surface area contributed by atoms with Gasteiger partial charge in [-0.1, -0.05) is 55.8 Å². The summed E-state index contributed by atoms with van der Waals surface area (Å²) in [5.41, 5.74) is 4.28. The van der Waals surface area contributed by atoms with Crippen LogP contribution >= 0.6 is 0 Å². The van der Waals surface area contributed by atoms with Crippen LogP contribution in [0.1, 0.15) is 35.3 Å². The maximum Gasteiger partial charge on any atom is 0.262 e. The minimum Gasteiger partial charge on any atom is -0.340 e. The van der Waals surface area contributed by atoms with Gasteiger partial charge in [0.2, 0.25) is 0 Å². The van der Waals surface area contributed by atoms with Crippen molar-refractivity contribution in [1.29, 1.82) is 0 Å². The van der Waals surface area contributed by atoms with Crippen molar-refractivity contribution in [3.63, 3.8) is 0 Å². The van der Waals surface area contributed by atoms with Gasteiger partial charge in [0.1, 0.15) is 11.9 Å². The van der Waals surface area contributed by atoms with Crippen LogP contribution in [-0.2, 0) is 4.79 Å². The maximum absolute atomic E-state index is 13.7. The highest BCUT2D eigenvalue weighted by Crippen LogP contribution is 2.09. The summed E-state index contributed by atoms with van der Waals surface area (Å²) in [6.07, 6.45) is 1.52. The number of rotatable bonds is 6. The van der Waals surface area contributed by atoms with E-state index in [2.05, 4.69) is 15.8 Å². The van der Waals surface area contributed by atoms with Crippen molar-refractivity contribution in [1.82, 2.24) is 10.7 Å². The lowest BCUT2D eigenvalue weighted by Crippen LogP contribution is -2.48. The lowest BCUT2D eigenvalue weighted by atomic mass is 10.0. The molecule has 0 aliphatic heterocycles. The van der Waals surface area contributed by atoms with Gasteiger partial charge in [-0.25, -0.2) is 9.82 Å². The molecule has 0 aliphatic carbocycles. The summed E-state index contributed by atoms with van der Waals surface area (Å²) in [6.45, 7) is 5.55. The molecular weight excluding hydrogens is 333 g/mol. The van der Waals surface area contributed by atoms with Gasteiger partial charge < -0.3 is 5.32 Å².